The number of hydrogen-bond donors (Lipinski definition) is 1. The van der Waals surface area contributed by atoms with Gasteiger partial charge >= 0.3 is 5.69 Å². The Morgan fingerprint density at radius 1 is 1.55 bits per heavy atom. The molecule has 7 nitrogen and oxygen atoms in total. The topological polar surface area (TPSA) is 84.7 Å². The average Bonchev–Trinajstić information content (AvgIpc) is 2.45. The van der Waals surface area contributed by atoms with Gasteiger partial charge < -0.3 is 15.0 Å². The molecule has 7 heteroatoms. The first-order valence-corrected chi connectivity index (χ1v) is 6.40. The second kappa shape index (κ2) is 5.87. The summed E-state index contributed by atoms with van der Waals surface area (Å²) in [5.74, 6) is -0.330. The zero-order valence-electron chi connectivity index (χ0n) is 11.5. The smallest absolute Gasteiger partial charge is 0.305 e. The van der Waals surface area contributed by atoms with Crippen LogP contribution in [0.15, 0.2) is 18.2 Å². The highest BCUT2D eigenvalue weighted by Crippen LogP contribution is 2.29. The third-order valence-corrected chi connectivity index (χ3v) is 3.25. The molecule has 1 saturated heterocycles. The quantitative estimate of drug-likeness (QED) is 0.669. The van der Waals surface area contributed by atoms with E-state index in [2.05, 4.69) is 5.32 Å². The molecule has 1 unspecified atom stereocenters. The summed E-state index contributed by atoms with van der Waals surface area (Å²) in [5, 5.41) is 14.0. The number of nitro groups is 1. The number of hydrogen-bond acceptors (Lipinski definition) is 5. The largest absolute Gasteiger partial charge is 0.383 e. The fourth-order valence-electron chi connectivity index (χ4n) is 2.29. The number of amides is 1. The number of nitrogens with one attached hydrogen (secondary N) is 1. The van der Waals surface area contributed by atoms with Crippen LogP contribution in [0.25, 0.3) is 0 Å². The van der Waals surface area contributed by atoms with Crippen molar-refractivity contribution in [2.24, 2.45) is 0 Å². The van der Waals surface area contributed by atoms with Crippen LogP contribution in [0.3, 0.4) is 0 Å². The number of morpholine rings is 1. The van der Waals surface area contributed by atoms with E-state index >= 15 is 0 Å². The monoisotopic (exact) mass is 279 g/mol. The maximum Gasteiger partial charge on any atom is 0.305 e. The van der Waals surface area contributed by atoms with E-state index in [0.29, 0.717) is 25.4 Å². The molecule has 2 rings (SSSR count). The summed E-state index contributed by atoms with van der Waals surface area (Å²) in [6.07, 6.45) is -0.0563. The van der Waals surface area contributed by atoms with Crippen LogP contribution >= 0.6 is 0 Å². The maximum absolute atomic E-state index is 12.5. The van der Waals surface area contributed by atoms with E-state index in [1.165, 1.54) is 6.07 Å². The van der Waals surface area contributed by atoms with Crippen molar-refractivity contribution in [3.63, 3.8) is 0 Å². The average molecular weight is 279 g/mol. The summed E-state index contributed by atoms with van der Waals surface area (Å²) in [4.78, 5) is 24.8. The molecule has 20 heavy (non-hydrogen) atoms. The van der Waals surface area contributed by atoms with Gasteiger partial charge in [0.1, 0.15) is 11.3 Å². The lowest BCUT2D eigenvalue weighted by Gasteiger charge is -2.31. The number of anilines is 1. The Hall–Kier alpha value is -2.15. The molecule has 1 amide bonds. The minimum atomic E-state index is -0.525. The molecular weight excluding hydrogens is 262 g/mol. The van der Waals surface area contributed by atoms with Crippen LogP contribution in [0.4, 0.5) is 11.4 Å². The fourth-order valence-corrected chi connectivity index (χ4v) is 2.29. The maximum atomic E-state index is 12.5. The van der Waals surface area contributed by atoms with Gasteiger partial charge in [-0.25, -0.2) is 0 Å². The minimum Gasteiger partial charge on any atom is -0.383 e. The molecule has 108 valence electrons. The molecule has 1 fully saturated rings. The standard InChI is InChI=1S/C13H17N3O4/c1-9-8-15(6-7-20-9)13(17)10-4-3-5-11(14-2)12(10)16(18)19/h3-5,9,14H,6-8H2,1-2H3. The second-order valence-electron chi connectivity index (χ2n) is 4.64. The van der Waals surface area contributed by atoms with Crippen LogP contribution < -0.4 is 5.32 Å². The van der Waals surface area contributed by atoms with E-state index in [1.807, 2.05) is 6.92 Å². The van der Waals surface area contributed by atoms with E-state index in [4.69, 9.17) is 4.74 Å². The first-order valence-electron chi connectivity index (χ1n) is 6.40. The van der Waals surface area contributed by atoms with E-state index in [-0.39, 0.29) is 23.3 Å². The summed E-state index contributed by atoms with van der Waals surface area (Å²) in [5.41, 5.74) is 0.261. The number of carbonyl (C=O) groups excluding carboxylic acids is 1. The van der Waals surface area contributed by atoms with Crippen LogP contribution in [0.1, 0.15) is 17.3 Å². The lowest BCUT2D eigenvalue weighted by atomic mass is 10.1. The number of nitro benzene ring substituents is 1. The van der Waals surface area contributed by atoms with Crippen molar-refractivity contribution in [1.82, 2.24) is 4.90 Å². The molecule has 0 aliphatic carbocycles. The van der Waals surface area contributed by atoms with Gasteiger partial charge in [0, 0.05) is 20.1 Å². The zero-order chi connectivity index (χ0) is 14.7. The third-order valence-electron chi connectivity index (χ3n) is 3.25. The molecule has 0 saturated carbocycles. The molecule has 1 aromatic carbocycles. The summed E-state index contributed by atoms with van der Waals surface area (Å²) >= 11 is 0. The molecule has 1 atom stereocenters. The van der Waals surface area contributed by atoms with Crippen molar-refractivity contribution < 1.29 is 14.5 Å². The normalized spacial score (nSPS) is 18.7. The van der Waals surface area contributed by atoms with Gasteiger partial charge in [0.2, 0.25) is 0 Å². The molecule has 1 aromatic rings. The number of ether oxygens (including phenoxy) is 1. The number of carbonyl (C=O) groups is 1. The highest BCUT2D eigenvalue weighted by Gasteiger charge is 2.29. The molecule has 0 bridgehead atoms. The van der Waals surface area contributed by atoms with E-state index in [0.717, 1.165) is 0 Å². The predicted molar refractivity (Wildman–Crippen MR) is 74.0 cm³/mol. The number of para-hydroxylation sites is 1. The fraction of sp³-hybridized carbons (Fsp3) is 0.462. The van der Waals surface area contributed by atoms with E-state index in [1.54, 1.807) is 24.1 Å². The SMILES string of the molecule is CNc1cccc(C(=O)N2CCOC(C)C2)c1[N+](=O)[O-]. The van der Waals surface area contributed by atoms with Crippen LogP contribution in [0.5, 0.6) is 0 Å². The van der Waals surface area contributed by atoms with Crippen LogP contribution in [-0.4, -0.2) is 48.6 Å². The van der Waals surface area contributed by atoms with Crippen molar-refractivity contribution in [2.45, 2.75) is 13.0 Å². The Balaban J connectivity index is 2.36. The summed E-state index contributed by atoms with van der Waals surface area (Å²) < 4.78 is 5.38. The van der Waals surface area contributed by atoms with E-state index in [9.17, 15) is 14.9 Å². The predicted octanol–water partition coefficient (Wildman–Crippen LogP) is 1.50. The lowest BCUT2D eigenvalue weighted by Crippen LogP contribution is -2.44. The molecule has 0 aromatic heterocycles. The van der Waals surface area contributed by atoms with Gasteiger partial charge in [-0.3, -0.25) is 14.9 Å². The molecular formula is C13H17N3O4. The van der Waals surface area contributed by atoms with Gasteiger partial charge in [0.05, 0.1) is 17.6 Å². The van der Waals surface area contributed by atoms with Gasteiger partial charge in [0.15, 0.2) is 0 Å². The number of nitrogens with zero attached hydrogens (tertiary/aromatic N) is 2. The first kappa shape index (κ1) is 14.3. The number of rotatable bonds is 3. The zero-order valence-corrected chi connectivity index (χ0v) is 11.5. The molecule has 1 aliphatic heterocycles. The molecule has 0 spiro atoms. The van der Waals surface area contributed by atoms with Gasteiger partial charge in [-0.15, -0.1) is 0 Å². The summed E-state index contributed by atoms with van der Waals surface area (Å²) in [6.45, 7) is 3.22. The highest BCUT2D eigenvalue weighted by molar-refractivity contribution is 6.00. The Morgan fingerprint density at radius 3 is 2.90 bits per heavy atom. The third kappa shape index (κ3) is 2.72. The van der Waals surface area contributed by atoms with Crippen molar-refractivity contribution in [2.75, 3.05) is 32.1 Å². The van der Waals surface area contributed by atoms with Crippen molar-refractivity contribution in [1.29, 1.82) is 0 Å². The van der Waals surface area contributed by atoms with Crippen molar-refractivity contribution in [3.8, 4) is 0 Å². The van der Waals surface area contributed by atoms with Gasteiger partial charge in [-0.2, -0.15) is 0 Å². The number of benzene rings is 1. The van der Waals surface area contributed by atoms with Gasteiger partial charge in [-0.05, 0) is 19.1 Å². The Bertz CT molecular complexity index is 532. The summed E-state index contributed by atoms with van der Waals surface area (Å²) in [6, 6.07) is 4.70. The van der Waals surface area contributed by atoms with Crippen LogP contribution in [0, 0.1) is 10.1 Å². The lowest BCUT2D eigenvalue weighted by molar-refractivity contribution is -0.384. The Labute approximate surface area is 116 Å². The first-order chi connectivity index (χ1) is 9.54. The van der Waals surface area contributed by atoms with Crippen molar-refractivity contribution in [3.05, 3.63) is 33.9 Å². The van der Waals surface area contributed by atoms with Crippen LogP contribution in [-0.2, 0) is 4.74 Å². The molecule has 1 aliphatic rings. The van der Waals surface area contributed by atoms with Crippen LogP contribution in [0.2, 0.25) is 0 Å². The molecule has 0 radical (unpaired) electrons. The van der Waals surface area contributed by atoms with E-state index < -0.39 is 4.92 Å². The van der Waals surface area contributed by atoms with Crippen molar-refractivity contribution >= 4 is 17.3 Å². The molecule has 1 heterocycles. The Morgan fingerprint density at radius 2 is 2.30 bits per heavy atom. The Kier molecular flexibility index (Phi) is 4.19. The highest BCUT2D eigenvalue weighted by atomic mass is 16.6. The summed E-state index contributed by atoms with van der Waals surface area (Å²) in [7, 11) is 1.59. The van der Waals surface area contributed by atoms with Gasteiger partial charge in [0.25, 0.3) is 5.91 Å². The van der Waals surface area contributed by atoms with Gasteiger partial charge in [-0.1, -0.05) is 6.07 Å². The minimum absolute atomic E-state index is 0.0563. The molecule has 1 N–H and O–H groups in total. The second-order valence-corrected chi connectivity index (χ2v) is 4.64.